The van der Waals surface area contributed by atoms with E-state index in [4.69, 9.17) is 24.7 Å². The first-order valence-electron chi connectivity index (χ1n) is 7.76. The Labute approximate surface area is 131 Å². The molecule has 22 heavy (non-hydrogen) atoms. The molecule has 5 heteroatoms. The zero-order chi connectivity index (χ0) is 16.0. The molecule has 1 aromatic carbocycles. The van der Waals surface area contributed by atoms with Crippen LogP contribution in [0.15, 0.2) is 24.3 Å². The predicted octanol–water partition coefficient (Wildman–Crippen LogP) is 2.48. The minimum atomic E-state index is -0.612. The molecule has 0 aliphatic carbocycles. The van der Waals surface area contributed by atoms with Crippen LogP contribution < -0.4 is 5.73 Å². The molecule has 0 unspecified atom stereocenters. The molecular weight excluding hydrogens is 282 g/mol. The van der Waals surface area contributed by atoms with Gasteiger partial charge in [-0.05, 0) is 45.4 Å². The van der Waals surface area contributed by atoms with Gasteiger partial charge in [0.1, 0.15) is 12.2 Å². The third-order valence-corrected chi connectivity index (χ3v) is 4.03. The summed E-state index contributed by atoms with van der Waals surface area (Å²) in [4.78, 5) is 0. The predicted molar refractivity (Wildman–Crippen MR) is 83.3 cm³/mol. The molecule has 2 saturated heterocycles. The van der Waals surface area contributed by atoms with E-state index in [0.717, 1.165) is 12.1 Å². The van der Waals surface area contributed by atoms with Crippen molar-refractivity contribution in [2.75, 3.05) is 12.3 Å². The van der Waals surface area contributed by atoms with Crippen LogP contribution in [0, 0.1) is 0 Å². The third kappa shape index (κ3) is 3.43. The smallest absolute Gasteiger partial charge is 0.163 e. The van der Waals surface area contributed by atoms with E-state index >= 15 is 0 Å². The Morgan fingerprint density at radius 3 is 2.27 bits per heavy atom. The van der Waals surface area contributed by atoms with Crippen LogP contribution in [0.2, 0.25) is 0 Å². The van der Waals surface area contributed by atoms with Gasteiger partial charge < -0.3 is 24.7 Å². The molecule has 2 aliphatic rings. The number of nitrogen functional groups attached to an aromatic ring is 1. The fourth-order valence-corrected chi connectivity index (χ4v) is 3.10. The molecule has 3 rings (SSSR count). The zero-order valence-corrected chi connectivity index (χ0v) is 13.7. The van der Waals surface area contributed by atoms with Crippen LogP contribution in [0.3, 0.4) is 0 Å². The first-order valence-corrected chi connectivity index (χ1v) is 7.76. The van der Waals surface area contributed by atoms with Crippen LogP contribution in [-0.2, 0) is 25.4 Å². The number of rotatable bonds is 3. The Hall–Kier alpha value is -1.14. The van der Waals surface area contributed by atoms with Crippen molar-refractivity contribution >= 4 is 5.69 Å². The van der Waals surface area contributed by atoms with Gasteiger partial charge in [-0.1, -0.05) is 12.1 Å². The summed E-state index contributed by atoms with van der Waals surface area (Å²) < 4.78 is 23.8. The molecule has 2 fully saturated rings. The SMILES string of the molecule is CC1(C)OC[C@@H]([C@@H]2OC(C)(C)O[C@@H]2Cc2ccc(N)cc2)O1. The van der Waals surface area contributed by atoms with Gasteiger partial charge in [0.05, 0.1) is 12.7 Å². The lowest BCUT2D eigenvalue weighted by Crippen LogP contribution is -2.39. The van der Waals surface area contributed by atoms with E-state index in [1.54, 1.807) is 0 Å². The largest absolute Gasteiger partial charge is 0.399 e. The number of anilines is 1. The maximum absolute atomic E-state index is 6.09. The maximum atomic E-state index is 6.09. The number of hydrogen-bond acceptors (Lipinski definition) is 5. The standard InChI is InChI=1S/C17H25NO4/c1-16(2)19-10-14(21-16)15-13(20-17(3,4)22-15)9-11-5-7-12(18)8-6-11/h5-8,13-15H,9-10,18H2,1-4H3/t13-,14+,15-/m1/s1. The summed E-state index contributed by atoms with van der Waals surface area (Å²) in [6.07, 6.45) is 0.431. The second-order valence-corrected chi connectivity index (χ2v) is 6.95. The highest BCUT2D eigenvalue weighted by atomic mass is 16.8. The average Bonchev–Trinajstić information content (AvgIpc) is 2.92. The molecule has 0 amide bonds. The topological polar surface area (TPSA) is 62.9 Å². The van der Waals surface area contributed by atoms with Crippen molar-refractivity contribution in [3.05, 3.63) is 29.8 Å². The van der Waals surface area contributed by atoms with E-state index in [1.807, 2.05) is 52.0 Å². The maximum Gasteiger partial charge on any atom is 0.163 e. The van der Waals surface area contributed by atoms with Crippen LogP contribution >= 0.6 is 0 Å². The Kier molecular flexibility index (Phi) is 3.93. The Morgan fingerprint density at radius 1 is 1.00 bits per heavy atom. The molecule has 0 spiro atoms. The fourth-order valence-electron chi connectivity index (χ4n) is 3.10. The van der Waals surface area contributed by atoms with Crippen molar-refractivity contribution in [1.29, 1.82) is 0 Å². The third-order valence-electron chi connectivity index (χ3n) is 4.03. The molecule has 2 N–H and O–H groups in total. The van der Waals surface area contributed by atoms with Gasteiger partial charge in [-0.2, -0.15) is 0 Å². The Morgan fingerprint density at radius 2 is 1.68 bits per heavy atom. The van der Waals surface area contributed by atoms with E-state index in [2.05, 4.69) is 0 Å². The van der Waals surface area contributed by atoms with Crippen molar-refractivity contribution in [3.8, 4) is 0 Å². The molecular formula is C17H25NO4. The van der Waals surface area contributed by atoms with Gasteiger partial charge in [0.2, 0.25) is 0 Å². The van der Waals surface area contributed by atoms with Gasteiger partial charge in [-0.15, -0.1) is 0 Å². The van der Waals surface area contributed by atoms with Crippen molar-refractivity contribution < 1.29 is 18.9 Å². The van der Waals surface area contributed by atoms with E-state index in [0.29, 0.717) is 6.61 Å². The van der Waals surface area contributed by atoms with Gasteiger partial charge in [0.25, 0.3) is 0 Å². The van der Waals surface area contributed by atoms with Gasteiger partial charge in [-0.25, -0.2) is 0 Å². The zero-order valence-electron chi connectivity index (χ0n) is 13.7. The lowest BCUT2D eigenvalue weighted by atomic mass is 10.0. The highest BCUT2D eigenvalue weighted by Gasteiger charge is 2.49. The van der Waals surface area contributed by atoms with Crippen molar-refractivity contribution in [2.45, 2.75) is 64.0 Å². The highest BCUT2D eigenvalue weighted by molar-refractivity contribution is 5.39. The van der Waals surface area contributed by atoms with Gasteiger partial charge >= 0.3 is 0 Å². The van der Waals surface area contributed by atoms with Crippen LogP contribution in [0.25, 0.3) is 0 Å². The van der Waals surface area contributed by atoms with Gasteiger partial charge in [0, 0.05) is 12.1 Å². The first kappa shape index (κ1) is 15.7. The van der Waals surface area contributed by atoms with Gasteiger partial charge in [0.15, 0.2) is 11.6 Å². The van der Waals surface area contributed by atoms with Crippen LogP contribution in [0.1, 0.15) is 33.3 Å². The summed E-state index contributed by atoms with van der Waals surface area (Å²) in [5.74, 6) is -1.17. The number of hydrogen-bond donors (Lipinski definition) is 1. The molecule has 0 aromatic heterocycles. The average molecular weight is 307 g/mol. The molecule has 0 saturated carbocycles. The highest BCUT2D eigenvalue weighted by Crippen LogP contribution is 2.36. The summed E-state index contributed by atoms with van der Waals surface area (Å²) in [6.45, 7) is 8.23. The van der Waals surface area contributed by atoms with E-state index in [9.17, 15) is 0 Å². The Bertz CT molecular complexity index is 526. The second kappa shape index (κ2) is 5.49. The van der Waals surface area contributed by atoms with Crippen LogP contribution in [0.5, 0.6) is 0 Å². The molecule has 0 radical (unpaired) electrons. The molecule has 3 atom stereocenters. The summed E-state index contributed by atoms with van der Waals surface area (Å²) in [5, 5.41) is 0. The quantitative estimate of drug-likeness (QED) is 0.869. The van der Waals surface area contributed by atoms with Crippen molar-refractivity contribution in [2.24, 2.45) is 0 Å². The molecule has 5 nitrogen and oxygen atoms in total. The second-order valence-electron chi connectivity index (χ2n) is 6.95. The summed E-state index contributed by atoms with van der Waals surface area (Å²) in [6, 6.07) is 7.86. The monoisotopic (exact) mass is 307 g/mol. The summed E-state index contributed by atoms with van der Waals surface area (Å²) >= 11 is 0. The molecule has 1 aromatic rings. The summed E-state index contributed by atoms with van der Waals surface area (Å²) in [5.41, 5.74) is 7.67. The van der Waals surface area contributed by atoms with E-state index < -0.39 is 11.6 Å². The fraction of sp³-hybridized carbons (Fsp3) is 0.647. The first-order chi connectivity index (χ1) is 10.2. The lowest BCUT2D eigenvalue weighted by Gasteiger charge is -2.24. The van der Waals surface area contributed by atoms with Crippen LogP contribution in [0.4, 0.5) is 5.69 Å². The van der Waals surface area contributed by atoms with E-state index in [-0.39, 0.29) is 18.3 Å². The minimum Gasteiger partial charge on any atom is -0.399 e. The molecule has 2 aliphatic heterocycles. The minimum absolute atomic E-state index is 0.0684. The number of ether oxygens (including phenoxy) is 4. The number of nitrogens with two attached hydrogens (primary N) is 1. The summed E-state index contributed by atoms with van der Waals surface area (Å²) in [7, 11) is 0. The molecule has 2 heterocycles. The molecule has 0 bridgehead atoms. The molecule has 122 valence electrons. The van der Waals surface area contributed by atoms with Crippen LogP contribution in [-0.4, -0.2) is 36.5 Å². The normalized spacial score (nSPS) is 33.2. The lowest BCUT2D eigenvalue weighted by molar-refractivity contribution is -0.174. The van der Waals surface area contributed by atoms with E-state index in [1.165, 1.54) is 5.56 Å². The van der Waals surface area contributed by atoms with Crippen molar-refractivity contribution in [3.63, 3.8) is 0 Å². The van der Waals surface area contributed by atoms with Crippen molar-refractivity contribution in [1.82, 2.24) is 0 Å². The Balaban J connectivity index is 1.74. The number of benzene rings is 1. The van der Waals surface area contributed by atoms with Gasteiger partial charge in [-0.3, -0.25) is 0 Å².